The van der Waals surface area contributed by atoms with Gasteiger partial charge in [-0.1, -0.05) is 91.9 Å². The Hall–Kier alpha value is -2.73. The van der Waals surface area contributed by atoms with Crippen molar-refractivity contribution in [3.63, 3.8) is 0 Å². The van der Waals surface area contributed by atoms with Crippen LogP contribution >= 0.6 is 0 Å². The highest BCUT2D eigenvalue weighted by Crippen LogP contribution is 2.23. The van der Waals surface area contributed by atoms with Crippen LogP contribution in [0.5, 0.6) is 0 Å². The van der Waals surface area contributed by atoms with Gasteiger partial charge in [-0.25, -0.2) is 4.79 Å². The Morgan fingerprint density at radius 3 is 1.91 bits per heavy atom. The molecule has 12 nitrogen and oxygen atoms in total. The number of cyclic esters (lactones) is 1. The fraction of sp³-hybridized carbons (Fsp3) is 0.848. The summed E-state index contributed by atoms with van der Waals surface area (Å²) >= 11 is 0. The van der Waals surface area contributed by atoms with Crippen molar-refractivity contribution in [3.05, 3.63) is 0 Å². The number of hydrogen-bond acceptors (Lipinski definition) is 9. The number of unbranched alkanes of at least 4 members (excludes halogenated alkanes) is 10. The Kier molecular flexibility index (Phi) is 19.6. The fourth-order valence-corrected chi connectivity index (χ4v) is 5.34. The summed E-state index contributed by atoms with van der Waals surface area (Å²) in [6, 6.07) is -3.97. The molecule has 7 atom stereocenters. The number of carbonyl (C=O) groups is 5. The molecule has 1 aliphatic rings. The molecule has 0 aromatic heterocycles. The highest BCUT2D eigenvalue weighted by Gasteiger charge is 2.37. The van der Waals surface area contributed by atoms with Crippen LogP contribution in [-0.4, -0.2) is 82.9 Å². The van der Waals surface area contributed by atoms with E-state index in [4.69, 9.17) is 9.47 Å². The van der Waals surface area contributed by atoms with Crippen molar-refractivity contribution in [2.75, 3.05) is 6.61 Å². The maximum atomic E-state index is 13.4. The molecule has 5 N–H and O–H groups in total. The summed E-state index contributed by atoms with van der Waals surface area (Å²) < 4.78 is 10.8. The van der Waals surface area contributed by atoms with Crippen LogP contribution < -0.4 is 16.0 Å². The van der Waals surface area contributed by atoms with E-state index < -0.39 is 78.6 Å². The van der Waals surface area contributed by atoms with Gasteiger partial charge in [0.15, 0.2) is 6.04 Å². The lowest BCUT2D eigenvalue weighted by atomic mass is 9.91. The number of aliphatic hydroxyl groups is 2. The van der Waals surface area contributed by atoms with Gasteiger partial charge in [0.1, 0.15) is 24.8 Å². The van der Waals surface area contributed by atoms with Crippen LogP contribution in [-0.2, 0) is 33.4 Å². The number of esters is 2. The molecule has 1 saturated heterocycles. The zero-order valence-corrected chi connectivity index (χ0v) is 28.3. The van der Waals surface area contributed by atoms with Gasteiger partial charge in [-0.05, 0) is 25.7 Å². The molecule has 0 aromatic rings. The molecule has 0 bridgehead atoms. The lowest BCUT2D eigenvalue weighted by Crippen LogP contribution is -2.60. The molecule has 0 saturated carbocycles. The summed E-state index contributed by atoms with van der Waals surface area (Å²) in [6.07, 6.45) is 9.24. The number of amides is 3. The third kappa shape index (κ3) is 15.9. The predicted molar refractivity (Wildman–Crippen MR) is 170 cm³/mol. The van der Waals surface area contributed by atoms with E-state index >= 15 is 0 Å². The van der Waals surface area contributed by atoms with Crippen molar-refractivity contribution in [1.82, 2.24) is 16.0 Å². The van der Waals surface area contributed by atoms with Crippen LogP contribution in [0.3, 0.4) is 0 Å². The minimum atomic E-state index is -1.48. The van der Waals surface area contributed by atoms with E-state index in [9.17, 15) is 34.2 Å². The third-order valence-corrected chi connectivity index (χ3v) is 8.33. The monoisotopic (exact) mass is 641 g/mol. The first-order valence-corrected chi connectivity index (χ1v) is 16.9. The van der Waals surface area contributed by atoms with Crippen LogP contribution in [0.15, 0.2) is 0 Å². The Bertz CT molecular complexity index is 927. The first-order valence-electron chi connectivity index (χ1n) is 16.9. The molecule has 0 radical (unpaired) electrons. The second-order valence-electron chi connectivity index (χ2n) is 12.8. The van der Waals surface area contributed by atoms with Crippen molar-refractivity contribution < 1.29 is 43.7 Å². The largest absolute Gasteiger partial charge is 0.463 e. The molecule has 1 fully saturated rings. The molecule has 12 heteroatoms. The average Bonchev–Trinajstić information content (AvgIpc) is 2.97. The van der Waals surface area contributed by atoms with E-state index in [1.165, 1.54) is 51.9 Å². The van der Waals surface area contributed by atoms with Gasteiger partial charge in [0, 0.05) is 12.8 Å². The summed E-state index contributed by atoms with van der Waals surface area (Å²) in [6.45, 7) is 9.23. The Morgan fingerprint density at radius 2 is 1.40 bits per heavy atom. The number of ether oxygens (including phenoxy) is 2. The summed E-state index contributed by atoms with van der Waals surface area (Å²) in [4.78, 5) is 64.1. The normalized spacial score (nSPS) is 26.2. The van der Waals surface area contributed by atoms with Crippen LogP contribution in [0.4, 0.5) is 0 Å². The molecule has 0 aliphatic carbocycles. The van der Waals surface area contributed by atoms with Crippen molar-refractivity contribution in [3.8, 4) is 0 Å². The Labute approximate surface area is 269 Å². The lowest BCUT2D eigenvalue weighted by Gasteiger charge is -2.30. The van der Waals surface area contributed by atoms with Gasteiger partial charge in [0.05, 0.1) is 18.6 Å². The Morgan fingerprint density at radius 1 is 0.867 bits per heavy atom. The van der Waals surface area contributed by atoms with Gasteiger partial charge >= 0.3 is 11.9 Å². The average molecular weight is 642 g/mol. The highest BCUT2D eigenvalue weighted by atomic mass is 16.6. The molecular weight excluding hydrogens is 582 g/mol. The van der Waals surface area contributed by atoms with Gasteiger partial charge in [0.2, 0.25) is 17.7 Å². The lowest BCUT2D eigenvalue weighted by molar-refractivity contribution is -0.161. The van der Waals surface area contributed by atoms with E-state index in [2.05, 4.69) is 22.9 Å². The molecule has 260 valence electrons. The second-order valence-corrected chi connectivity index (χ2v) is 12.8. The second kappa shape index (κ2) is 21.9. The summed E-state index contributed by atoms with van der Waals surface area (Å²) in [5.74, 6) is -4.81. The van der Waals surface area contributed by atoms with Crippen molar-refractivity contribution in [1.29, 1.82) is 0 Å². The number of carbonyl (C=O) groups excluding carboxylic acids is 5. The maximum absolute atomic E-state index is 13.4. The van der Waals surface area contributed by atoms with Gasteiger partial charge in [-0.2, -0.15) is 0 Å². The van der Waals surface area contributed by atoms with Crippen LogP contribution in [0.25, 0.3) is 0 Å². The third-order valence-electron chi connectivity index (χ3n) is 8.33. The topological polar surface area (TPSA) is 180 Å². The molecule has 1 rings (SSSR count). The molecule has 45 heavy (non-hydrogen) atoms. The van der Waals surface area contributed by atoms with Gasteiger partial charge in [-0.3, -0.25) is 19.2 Å². The van der Waals surface area contributed by atoms with Crippen molar-refractivity contribution in [2.45, 2.75) is 161 Å². The van der Waals surface area contributed by atoms with Crippen molar-refractivity contribution >= 4 is 29.7 Å². The van der Waals surface area contributed by atoms with Crippen molar-refractivity contribution in [2.24, 2.45) is 11.8 Å². The van der Waals surface area contributed by atoms with E-state index in [0.717, 1.165) is 32.6 Å². The van der Waals surface area contributed by atoms with Gasteiger partial charge in [0.25, 0.3) is 0 Å². The first-order chi connectivity index (χ1) is 21.3. The molecule has 1 aliphatic heterocycles. The van der Waals surface area contributed by atoms with Gasteiger partial charge < -0.3 is 35.6 Å². The summed E-state index contributed by atoms with van der Waals surface area (Å²) in [5, 5.41) is 28.8. The quantitative estimate of drug-likeness (QED) is 0.125. The Balaban J connectivity index is 3.10. The minimum absolute atomic E-state index is 0.335. The van der Waals surface area contributed by atoms with E-state index in [-0.39, 0.29) is 12.3 Å². The standard InChI is InChI=1S/C33H59N3O9/c1-7-8-9-10-11-12-13-14-15-16-17-18-27-22(4)26(39)19-28(40)35-29(21(2)3)31(41)36-30(23(5)37)32(42)34-25(33(43)45-27)20-44-24(6)38/h21-23,25-27,29-30,37,39H,7-20H2,1-6H3,(H,34,42)(H,35,40)(H,36,41)/t22-,23-,25?,26+,27?,29?,30+/m1/s1. The van der Waals surface area contributed by atoms with Crippen LogP contribution in [0.1, 0.15) is 125 Å². The number of rotatable bonds is 16. The van der Waals surface area contributed by atoms with Crippen LogP contribution in [0.2, 0.25) is 0 Å². The SMILES string of the molecule is CCCCCCCCCCCCCC1OC(=O)C(COC(C)=O)NC(=O)[C@H]([C@@H](C)O)NC(=O)C(C(C)C)NC(=O)C[C@H](O)[C@H]1C. The number of hydrogen-bond donors (Lipinski definition) is 5. The number of nitrogens with one attached hydrogen (secondary N) is 3. The summed E-state index contributed by atoms with van der Waals surface area (Å²) in [5.41, 5.74) is 0. The molecular formula is C33H59N3O9. The zero-order chi connectivity index (χ0) is 33.9. The predicted octanol–water partition coefficient (Wildman–Crippen LogP) is 3.05. The smallest absolute Gasteiger partial charge is 0.332 e. The van der Waals surface area contributed by atoms with Crippen LogP contribution in [0, 0.1) is 11.8 Å². The fourth-order valence-electron chi connectivity index (χ4n) is 5.34. The molecule has 0 aromatic carbocycles. The molecule has 0 spiro atoms. The minimum Gasteiger partial charge on any atom is -0.463 e. The maximum Gasteiger partial charge on any atom is 0.332 e. The number of aliphatic hydroxyl groups excluding tert-OH is 2. The first kappa shape index (κ1) is 40.3. The summed E-state index contributed by atoms with van der Waals surface area (Å²) in [7, 11) is 0. The highest BCUT2D eigenvalue weighted by molar-refractivity contribution is 5.94. The molecule has 3 unspecified atom stereocenters. The van der Waals surface area contributed by atoms with E-state index in [0.29, 0.717) is 6.42 Å². The zero-order valence-electron chi connectivity index (χ0n) is 28.3. The molecule has 3 amide bonds. The molecule has 1 heterocycles. The van der Waals surface area contributed by atoms with Gasteiger partial charge in [-0.15, -0.1) is 0 Å². The van der Waals surface area contributed by atoms with E-state index in [1.54, 1.807) is 20.8 Å². The van der Waals surface area contributed by atoms with E-state index in [1.807, 2.05) is 0 Å².